The van der Waals surface area contributed by atoms with Crippen LogP contribution >= 0.6 is 0 Å². The topological polar surface area (TPSA) is 54.5 Å². The smallest absolute Gasteiger partial charge is 0.149 e. The zero-order valence-corrected chi connectivity index (χ0v) is 11.5. The number of aryl methyl sites for hydroxylation is 1. The highest BCUT2D eigenvalue weighted by Crippen LogP contribution is 2.33. The summed E-state index contributed by atoms with van der Waals surface area (Å²) in [4.78, 5) is 4.40. The Bertz CT molecular complexity index is 604. The molecule has 2 heterocycles. The fourth-order valence-electron chi connectivity index (χ4n) is 2.44. The van der Waals surface area contributed by atoms with E-state index < -0.39 is 0 Å². The largest absolute Gasteiger partial charge is 0.325 e. The van der Waals surface area contributed by atoms with Gasteiger partial charge in [0.2, 0.25) is 0 Å². The third-order valence-electron chi connectivity index (χ3n) is 3.56. The molecule has 0 aliphatic carbocycles. The number of aromatic nitrogens is 1. The summed E-state index contributed by atoms with van der Waals surface area (Å²) in [5.74, 6) is 0.863. The van der Waals surface area contributed by atoms with Crippen molar-refractivity contribution in [3.8, 4) is 0 Å². The van der Waals surface area contributed by atoms with Gasteiger partial charge in [-0.25, -0.2) is 9.99 Å². The van der Waals surface area contributed by atoms with Crippen molar-refractivity contribution in [2.24, 2.45) is 10.8 Å². The molecule has 4 nitrogen and oxygen atoms in total. The zero-order chi connectivity index (χ0) is 13.9. The van der Waals surface area contributed by atoms with Crippen LogP contribution in [0.3, 0.4) is 0 Å². The van der Waals surface area contributed by atoms with Crippen molar-refractivity contribution in [3.63, 3.8) is 0 Å². The van der Waals surface area contributed by atoms with E-state index in [4.69, 9.17) is 5.73 Å². The van der Waals surface area contributed by atoms with Crippen LogP contribution in [-0.4, -0.2) is 17.2 Å². The summed E-state index contributed by atoms with van der Waals surface area (Å²) in [6.07, 6.45) is 2.65. The van der Waals surface area contributed by atoms with E-state index in [0.29, 0.717) is 6.54 Å². The quantitative estimate of drug-likeness (QED) is 0.929. The molecule has 0 radical (unpaired) electrons. The first-order valence-electron chi connectivity index (χ1n) is 6.81. The van der Waals surface area contributed by atoms with Crippen LogP contribution < -0.4 is 10.7 Å². The molecule has 0 saturated carbocycles. The van der Waals surface area contributed by atoms with Crippen molar-refractivity contribution in [1.82, 2.24) is 4.98 Å². The van der Waals surface area contributed by atoms with Gasteiger partial charge in [-0.2, -0.15) is 5.10 Å². The first-order chi connectivity index (χ1) is 9.78. The van der Waals surface area contributed by atoms with Gasteiger partial charge in [0.15, 0.2) is 0 Å². The number of nitrogens with two attached hydrogens (primary N) is 1. The Morgan fingerprint density at radius 1 is 1.20 bits per heavy atom. The van der Waals surface area contributed by atoms with Gasteiger partial charge in [-0.1, -0.05) is 35.9 Å². The van der Waals surface area contributed by atoms with Crippen molar-refractivity contribution in [1.29, 1.82) is 0 Å². The van der Waals surface area contributed by atoms with Gasteiger partial charge in [-0.05, 0) is 24.6 Å². The van der Waals surface area contributed by atoms with Crippen LogP contribution in [0.15, 0.2) is 53.8 Å². The van der Waals surface area contributed by atoms with Crippen molar-refractivity contribution in [2.75, 3.05) is 11.6 Å². The van der Waals surface area contributed by atoms with E-state index in [9.17, 15) is 0 Å². The Balaban J connectivity index is 1.95. The molecule has 1 aromatic heterocycles. The van der Waals surface area contributed by atoms with E-state index in [1.165, 1.54) is 11.1 Å². The van der Waals surface area contributed by atoms with Crippen LogP contribution in [0, 0.1) is 6.92 Å². The molecule has 3 rings (SSSR count). The maximum atomic E-state index is 5.76. The van der Waals surface area contributed by atoms with Gasteiger partial charge in [0.1, 0.15) is 5.82 Å². The fraction of sp³-hybridized carbons (Fsp3) is 0.250. The second kappa shape index (κ2) is 5.43. The van der Waals surface area contributed by atoms with Crippen LogP contribution in [-0.2, 0) is 0 Å². The number of nitrogens with zero attached hydrogens (tertiary/aromatic N) is 3. The average Bonchev–Trinajstić information content (AvgIpc) is 2.93. The maximum absolute atomic E-state index is 5.76. The van der Waals surface area contributed by atoms with Gasteiger partial charge < -0.3 is 5.73 Å². The van der Waals surface area contributed by atoms with Crippen LogP contribution in [0.2, 0.25) is 0 Å². The lowest BCUT2D eigenvalue weighted by atomic mass is 10.0. The van der Waals surface area contributed by atoms with Crippen molar-refractivity contribution < 1.29 is 0 Å². The number of rotatable bonds is 3. The van der Waals surface area contributed by atoms with Crippen LogP contribution in [0.5, 0.6) is 0 Å². The molecule has 1 atom stereocenters. The summed E-state index contributed by atoms with van der Waals surface area (Å²) < 4.78 is 0. The SMILES string of the molecule is Cc1ccc(C2CC(CN)=NN2c2ccccn2)cc1. The van der Waals surface area contributed by atoms with Crippen molar-refractivity contribution in [3.05, 3.63) is 59.8 Å². The minimum atomic E-state index is 0.184. The summed E-state index contributed by atoms with van der Waals surface area (Å²) in [6.45, 7) is 2.59. The molecule has 1 unspecified atom stereocenters. The summed E-state index contributed by atoms with van der Waals surface area (Å²) in [7, 11) is 0. The third-order valence-corrected chi connectivity index (χ3v) is 3.56. The Morgan fingerprint density at radius 2 is 2.00 bits per heavy atom. The Morgan fingerprint density at radius 3 is 2.65 bits per heavy atom. The molecule has 0 amide bonds. The third kappa shape index (κ3) is 2.42. The lowest BCUT2D eigenvalue weighted by molar-refractivity contribution is 0.698. The predicted molar refractivity (Wildman–Crippen MR) is 81.7 cm³/mol. The highest BCUT2D eigenvalue weighted by atomic mass is 15.5. The molecule has 2 N–H and O–H groups in total. The summed E-state index contributed by atoms with van der Waals surface area (Å²) in [5.41, 5.74) is 9.28. The highest BCUT2D eigenvalue weighted by Gasteiger charge is 2.28. The Hall–Kier alpha value is -2.20. The number of benzene rings is 1. The maximum Gasteiger partial charge on any atom is 0.149 e. The highest BCUT2D eigenvalue weighted by molar-refractivity contribution is 5.90. The van der Waals surface area contributed by atoms with Gasteiger partial charge >= 0.3 is 0 Å². The molecule has 1 aliphatic heterocycles. The lowest BCUT2D eigenvalue weighted by Gasteiger charge is -2.23. The molecule has 0 fully saturated rings. The minimum absolute atomic E-state index is 0.184. The van der Waals surface area contributed by atoms with Gasteiger partial charge in [0.25, 0.3) is 0 Å². The second-order valence-corrected chi connectivity index (χ2v) is 5.03. The molecule has 0 saturated heterocycles. The molecule has 0 spiro atoms. The van der Waals surface area contributed by atoms with Gasteiger partial charge in [-0.3, -0.25) is 0 Å². The molecular formula is C16H18N4. The molecule has 2 aromatic rings. The normalized spacial score (nSPS) is 18.2. The predicted octanol–water partition coefficient (Wildman–Crippen LogP) is 2.66. The Kier molecular flexibility index (Phi) is 3.48. The van der Waals surface area contributed by atoms with E-state index in [-0.39, 0.29) is 6.04 Å². The summed E-state index contributed by atoms with van der Waals surface area (Å²) in [5, 5.41) is 6.60. The summed E-state index contributed by atoms with van der Waals surface area (Å²) >= 11 is 0. The molecule has 20 heavy (non-hydrogen) atoms. The van der Waals surface area contributed by atoms with Gasteiger partial charge in [-0.15, -0.1) is 0 Å². The molecule has 1 aliphatic rings. The van der Waals surface area contributed by atoms with E-state index in [1.807, 2.05) is 23.2 Å². The summed E-state index contributed by atoms with van der Waals surface area (Å²) in [6, 6.07) is 14.6. The molecule has 1 aromatic carbocycles. The first kappa shape index (κ1) is 12.8. The van der Waals surface area contributed by atoms with E-state index >= 15 is 0 Å². The van der Waals surface area contributed by atoms with E-state index in [0.717, 1.165) is 18.0 Å². The number of hydrogen-bond acceptors (Lipinski definition) is 4. The standard InChI is InChI=1S/C16H18N4/c1-12-5-7-13(8-6-12)15-10-14(11-17)19-20(15)16-4-2-3-9-18-16/h2-9,15H,10-11,17H2,1H3. The minimum Gasteiger partial charge on any atom is -0.325 e. The molecule has 4 heteroatoms. The number of pyridine rings is 1. The van der Waals surface area contributed by atoms with E-state index in [1.54, 1.807) is 6.20 Å². The van der Waals surface area contributed by atoms with Crippen molar-refractivity contribution >= 4 is 11.5 Å². The average molecular weight is 266 g/mol. The van der Waals surface area contributed by atoms with E-state index in [2.05, 4.69) is 41.3 Å². The zero-order valence-electron chi connectivity index (χ0n) is 11.5. The Labute approximate surface area is 118 Å². The van der Waals surface area contributed by atoms with Crippen molar-refractivity contribution in [2.45, 2.75) is 19.4 Å². The second-order valence-electron chi connectivity index (χ2n) is 5.03. The molecule has 102 valence electrons. The van der Waals surface area contributed by atoms with Crippen LogP contribution in [0.4, 0.5) is 5.82 Å². The lowest BCUT2D eigenvalue weighted by Crippen LogP contribution is -2.19. The van der Waals surface area contributed by atoms with Gasteiger partial charge in [0, 0.05) is 19.2 Å². The monoisotopic (exact) mass is 266 g/mol. The number of hydrogen-bond donors (Lipinski definition) is 1. The molecular weight excluding hydrogens is 248 g/mol. The first-order valence-corrected chi connectivity index (χ1v) is 6.81. The van der Waals surface area contributed by atoms with Crippen LogP contribution in [0.25, 0.3) is 0 Å². The number of anilines is 1. The van der Waals surface area contributed by atoms with Crippen LogP contribution in [0.1, 0.15) is 23.6 Å². The fourth-order valence-corrected chi connectivity index (χ4v) is 2.44. The van der Waals surface area contributed by atoms with Gasteiger partial charge in [0.05, 0.1) is 11.8 Å². The number of hydrazone groups is 1. The molecule has 0 bridgehead atoms.